The van der Waals surface area contributed by atoms with Crippen LogP contribution in [0.4, 0.5) is 0 Å². The molecule has 1 rings (SSSR count). The van der Waals surface area contributed by atoms with Crippen molar-refractivity contribution in [2.75, 3.05) is 6.54 Å². The quantitative estimate of drug-likeness (QED) is 0.875. The van der Waals surface area contributed by atoms with Gasteiger partial charge in [0.1, 0.15) is 0 Å². The minimum atomic E-state index is -0.327. The maximum absolute atomic E-state index is 12.1. The van der Waals surface area contributed by atoms with Gasteiger partial charge in [0.2, 0.25) is 0 Å². The maximum atomic E-state index is 12.1. The third-order valence-corrected chi connectivity index (χ3v) is 2.76. The Hall–Kier alpha value is -1.91. The van der Waals surface area contributed by atoms with Gasteiger partial charge in [0.25, 0.3) is 11.8 Å². The zero-order chi connectivity index (χ0) is 16.0. The highest BCUT2D eigenvalue weighted by Gasteiger charge is 2.17. The number of amides is 2. The van der Waals surface area contributed by atoms with Gasteiger partial charge in [0, 0.05) is 24.5 Å². The predicted molar refractivity (Wildman–Crippen MR) is 83.2 cm³/mol. The lowest BCUT2D eigenvalue weighted by Crippen LogP contribution is -2.40. The van der Waals surface area contributed by atoms with E-state index in [0.29, 0.717) is 23.6 Å². The Morgan fingerprint density at radius 1 is 1.14 bits per heavy atom. The van der Waals surface area contributed by atoms with Gasteiger partial charge in [0.05, 0.1) is 11.1 Å². The zero-order valence-electron chi connectivity index (χ0n) is 13.5. The van der Waals surface area contributed by atoms with E-state index in [4.69, 9.17) is 0 Å². The summed E-state index contributed by atoms with van der Waals surface area (Å²) < 4.78 is 0. The smallest absolute Gasteiger partial charge is 0.253 e. The first-order chi connectivity index (χ1) is 9.69. The molecule has 0 aromatic carbocycles. The van der Waals surface area contributed by atoms with Gasteiger partial charge in [-0.1, -0.05) is 13.8 Å². The molecule has 2 N–H and O–H groups in total. The minimum Gasteiger partial charge on any atom is -0.352 e. The summed E-state index contributed by atoms with van der Waals surface area (Å²) in [6, 6.07) is 1.57. The Labute approximate surface area is 126 Å². The van der Waals surface area contributed by atoms with Gasteiger partial charge in [0.15, 0.2) is 0 Å². The Kier molecular flexibility index (Phi) is 5.88. The molecular formula is C16H25N3O2. The van der Waals surface area contributed by atoms with Gasteiger partial charge in [-0.3, -0.25) is 14.6 Å². The van der Waals surface area contributed by atoms with Crippen molar-refractivity contribution < 1.29 is 9.59 Å². The number of nitrogens with zero attached hydrogens (tertiary/aromatic N) is 1. The van der Waals surface area contributed by atoms with E-state index in [1.807, 2.05) is 20.8 Å². The highest BCUT2D eigenvalue weighted by molar-refractivity contribution is 5.99. The van der Waals surface area contributed by atoms with E-state index in [2.05, 4.69) is 29.5 Å². The van der Waals surface area contributed by atoms with Gasteiger partial charge in [-0.15, -0.1) is 0 Å². The predicted octanol–water partition coefficient (Wildman–Crippen LogP) is 2.39. The average Bonchev–Trinajstić information content (AvgIpc) is 2.36. The topological polar surface area (TPSA) is 71.1 Å². The van der Waals surface area contributed by atoms with Crippen molar-refractivity contribution in [2.45, 2.75) is 46.6 Å². The molecule has 5 heteroatoms. The van der Waals surface area contributed by atoms with Crippen LogP contribution in [-0.4, -0.2) is 28.9 Å². The van der Waals surface area contributed by atoms with E-state index >= 15 is 0 Å². The molecule has 1 aromatic rings. The van der Waals surface area contributed by atoms with E-state index in [1.165, 1.54) is 12.4 Å². The molecule has 0 aliphatic carbocycles. The SMILES string of the molecule is CC(C)CCNC(=O)c1cncc(C(=O)NC(C)(C)C)c1. The van der Waals surface area contributed by atoms with E-state index in [9.17, 15) is 9.59 Å². The van der Waals surface area contributed by atoms with Crippen LogP contribution in [0.5, 0.6) is 0 Å². The lowest BCUT2D eigenvalue weighted by atomic mass is 10.1. The van der Waals surface area contributed by atoms with Crippen molar-refractivity contribution in [3.05, 3.63) is 29.6 Å². The molecule has 116 valence electrons. The summed E-state index contributed by atoms with van der Waals surface area (Å²) in [7, 11) is 0. The molecule has 0 fully saturated rings. The average molecular weight is 291 g/mol. The number of carbonyl (C=O) groups is 2. The summed E-state index contributed by atoms with van der Waals surface area (Å²) in [5.74, 6) is 0.104. The largest absolute Gasteiger partial charge is 0.352 e. The number of aromatic nitrogens is 1. The first-order valence-electron chi connectivity index (χ1n) is 7.25. The van der Waals surface area contributed by atoms with Crippen molar-refractivity contribution >= 4 is 11.8 Å². The first-order valence-corrected chi connectivity index (χ1v) is 7.25. The van der Waals surface area contributed by atoms with Crippen LogP contribution in [0.3, 0.4) is 0 Å². The lowest BCUT2D eigenvalue weighted by molar-refractivity contribution is 0.0919. The second-order valence-corrected chi connectivity index (χ2v) is 6.60. The van der Waals surface area contributed by atoms with Gasteiger partial charge in [-0.25, -0.2) is 0 Å². The molecule has 0 spiro atoms. The Bertz CT molecular complexity index is 504. The fourth-order valence-corrected chi connectivity index (χ4v) is 1.68. The van der Waals surface area contributed by atoms with Gasteiger partial charge < -0.3 is 10.6 Å². The standard InChI is InChI=1S/C16H25N3O2/c1-11(2)6-7-18-14(20)12-8-13(10-17-9-12)15(21)19-16(3,4)5/h8-11H,6-7H2,1-5H3,(H,18,20)(H,19,21). The molecule has 1 aromatic heterocycles. The van der Waals surface area contributed by atoms with Crippen molar-refractivity contribution in [1.29, 1.82) is 0 Å². The number of hydrogen-bond acceptors (Lipinski definition) is 3. The summed E-state index contributed by atoms with van der Waals surface area (Å²) in [6.07, 6.45) is 3.86. The summed E-state index contributed by atoms with van der Waals surface area (Å²) in [5.41, 5.74) is 0.467. The van der Waals surface area contributed by atoms with Crippen LogP contribution in [-0.2, 0) is 0 Å². The number of carbonyl (C=O) groups excluding carboxylic acids is 2. The Balaban J connectivity index is 2.71. The molecule has 21 heavy (non-hydrogen) atoms. The van der Waals surface area contributed by atoms with Crippen LogP contribution >= 0.6 is 0 Å². The van der Waals surface area contributed by atoms with Gasteiger partial charge >= 0.3 is 0 Å². The van der Waals surface area contributed by atoms with E-state index in [-0.39, 0.29) is 17.4 Å². The van der Waals surface area contributed by atoms with E-state index in [1.54, 1.807) is 6.07 Å². The third kappa shape index (κ3) is 6.38. The maximum Gasteiger partial charge on any atom is 0.253 e. The van der Waals surface area contributed by atoms with Gasteiger partial charge in [-0.05, 0) is 39.2 Å². The zero-order valence-corrected chi connectivity index (χ0v) is 13.5. The molecule has 0 atom stereocenters. The van der Waals surface area contributed by atoms with Crippen LogP contribution in [0, 0.1) is 5.92 Å². The summed E-state index contributed by atoms with van der Waals surface area (Å²) in [5, 5.41) is 5.68. The second-order valence-electron chi connectivity index (χ2n) is 6.60. The second kappa shape index (κ2) is 7.20. The van der Waals surface area contributed by atoms with Crippen LogP contribution in [0.1, 0.15) is 61.8 Å². The van der Waals surface area contributed by atoms with Crippen molar-refractivity contribution in [3.8, 4) is 0 Å². The summed E-state index contributed by atoms with van der Waals surface area (Å²) in [4.78, 5) is 28.0. The Morgan fingerprint density at radius 2 is 1.71 bits per heavy atom. The first kappa shape index (κ1) is 17.1. The van der Waals surface area contributed by atoms with E-state index in [0.717, 1.165) is 6.42 Å². The minimum absolute atomic E-state index is 0.200. The van der Waals surface area contributed by atoms with Gasteiger partial charge in [-0.2, -0.15) is 0 Å². The van der Waals surface area contributed by atoms with E-state index < -0.39 is 0 Å². The molecule has 0 unspecified atom stereocenters. The van der Waals surface area contributed by atoms with Crippen molar-refractivity contribution in [1.82, 2.24) is 15.6 Å². The molecule has 0 saturated heterocycles. The molecule has 0 aliphatic rings. The van der Waals surface area contributed by atoms with Crippen LogP contribution in [0.25, 0.3) is 0 Å². The number of rotatable bonds is 5. The highest BCUT2D eigenvalue weighted by Crippen LogP contribution is 2.07. The van der Waals surface area contributed by atoms with Crippen molar-refractivity contribution in [3.63, 3.8) is 0 Å². The van der Waals surface area contributed by atoms with Crippen LogP contribution in [0.2, 0.25) is 0 Å². The normalized spacial score (nSPS) is 11.3. The van der Waals surface area contributed by atoms with Crippen LogP contribution < -0.4 is 10.6 Å². The molecule has 2 amide bonds. The number of hydrogen-bond donors (Lipinski definition) is 2. The monoisotopic (exact) mass is 291 g/mol. The molecule has 5 nitrogen and oxygen atoms in total. The molecule has 0 bridgehead atoms. The Morgan fingerprint density at radius 3 is 2.24 bits per heavy atom. The molecule has 0 radical (unpaired) electrons. The number of pyridine rings is 1. The molecule has 1 heterocycles. The highest BCUT2D eigenvalue weighted by atomic mass is 16.2. The molecule has 0 aliphatic heterocycles. The summed E-state index contributed by atoms with van der Waals surface area (Å²) in [6.45, 7) is 10.5. The van der Waals surface area contributed by atoms with Crippen LogP contribution in [0.15, 0.2) is 18.5 Å². The lowest BCUT2D eigenvalue weighted by Gasteiger charge is -2.20. The van der Waals surface area contributed by atoms with Crippen molar-refractivity contribution in [2.24, 2.45) is 5.92 Å². The number of nitrogens with one attached hydrogen (secondary N) is 2. The fourth-order valence-electron chi connectivity index (χ4n) is 1.68. The summed E-state index contributed by atoms with van der Waals surface area (Å²) >= 11 is 0. The molecule has 0 saturated carbocycles. The third-order valence-electron chi connectivity index (χ3n) is 2.76. The molecular weight excluding hydrogens is 266 g/mol. The fraction of sp³-hybridized carbons (Fsp3) is 0.562.